The summed E-state index contributed by atoms with van der Waals surface area (Å²) in [6, 6.07) is 9.27. The number of aliphatic imine (C=N–C) groups is 1. The second-order valence-corrected chi connectivity index (χ2v) is 7.29. The number of hydrogen-bond donors (Lipinski definition) is 0. The molecule has 0 saturated carbocycles. The molecule has 2 aliphatic rings. The van der Waals surface area contributed by atoms with Crippen LogP contribution in [0.3, 0.4) is 0 Å². The van der Waals surface area contributed by atoms with Gasteiger partial charge in [0.1, 0.15) is 17.4 Å². The molecule has 31 heavy (non-hydrogen) atoms. The molecule has 0 fully saturated rings. The van der Waals surface area contributed by atoms with Gasteiger partial charge in [0.25, 0.3) is 0 Å². The summed E-state index contributed by atoms with van der Waals surface area (Å²) in [5.74, 6) is -1.58. The summed E-state index contributed by atoms with van der Waals surface area (Å²) in [5.41, 5.74) is 1.92. The van der Waals surface area contributed by atoms with Crippen molar-refractivity contribution in [2.75, 3.05) is 0 Å². The van der Waals surface area contributed by atoms with Gasteiger partial charge in [0.15, 0.2) is 0 Å². The Labute approximate surface area is 176 Å². The van der Waals surface area contributed by atoms with Gasteiger partial charge in [0.05, 0.1) is 11.6 Å². The summed E-state index contributed by atoms with van der Waals surface area (Å²) in [6.07, 6.45) is 5.92. The third kappa shape index (κ3) is 4.93. The first-order valence-corrected chi connectivity index (χ1v) is 9.74. The van der Waals surface area contributed by atoms with Crippen molar-refractivity contribution < 1.29 is 26.7 Å². The van der Waals surface area contributed by atoms with Gasteiger partial charge in [-0.15, -0.1) is 13.2 Å². The lowest BCUT2D eigenvalue weighted by atomic mass is 9.96. The first kappa shape index (κ1) is 21.0. The Morgan fingerprint density at radius 2 is 1.65 bits per heavy atom. The Morgan fingerprint density at radius 1 is 0.935 bits per heavy atom. The topological polar surface area (TPSA) is 21.6 Å². The lowest BCUT2D eigenvalue weighted by Crippen LogP contribution is -2.16. The SMILES string of the molecule is Fc1cccc(F)c1C1=NC(C2C=CC=C(c3ccc(OC(F)(F)F)cc3)C=C2)CC1. The van der Waals surface area contributed by atoms with E-state index < -0.39 is 18.0 Å². The summed E-state index contributed by atoms with van der Waals surface area (Å²) in [6.45, 7) is 0. The number of allylic oxidation sites excluding steroid dienone is 4. The minimum atomic E-state index is -4.73. The highest BCUT2D eigenvalue weighted by atomic mass is 19.4. The number of benzene rings is 2. The minimum absolute atomic E-state index is 0.0612. The van der Waals surface area contributed by atoms with Crippen molar-refractivity contribution in [1.82, 2.24) is 0 Å². The molecule has 4 rings (SSSR count). The fraction of sp³-hybridized carbons (Fsp3) is 0.208. The summed E-state index contributed by atoms with van der Waals surface area (Å²) >= 11 is 0. The van der Waals surface area contributed by atoms with Gasteiger partial charge in [-0.3, -0.25) is 4.99 Å². The Balaban J connectivity index is 1.48. The highest BCUT2D eigenvalue weighted by Crippen LogP contribution is 2.31. The van der Waals surface area contributed by atoms with Gasteiger partial charge in [-0.25, -0.2) is 8.78 Å². The first-order chi connectivity index (χ1) is 14.8. The van der Waals surface area contributed by atoms with Gasteiger partial charge in [-0.2, -0.15) is 0 Å². The molecule has 160 valence electrons. The van der Waals surface area contributed by atoms with E-state index >= 15 is 0 Å². The zero-order valence-corrected chi connectivity index (χ0v) is 16.2. The normalized spacial score (nSPS) is 20.9. The smallest absolute Gasteiger partial charge is 0.406 e. The van der Waals surface area contributed by atoms with Crippen molar-refractivity contribution in [3.05, 3.63) is 95.6 Å². The number of halogens is 5. The average Bonchev–Trinajstić information content (AvgIpc) is 3.04. The molecule has 1 heterocycles. The van der Waals surface area contributed by atoms with Crippen molar-refractivity contribution in [2.24, 2.45) is 10.9 Å². The number of ether oxygens (including phenoxy) is 1. The van der Waals surface area contributed by atoms with Crippen LogP contribution in [-0.2, 0) is 0 Å². The van der Waals surface area contributed by atoms with Crippen molar-refractivity contribution >= 4 is 11.3 Å². The Bertz CT molecular complexity index is 1060. The standard InChI is InChI=1S/C24H18F5NO/c25-19-5-2-6-20(26)23(19)22-14-13-21(30-22)17-4-1-3-15(7-8-17)16-9-11-18(12-10-16)31-24(27,28)29/h1-12,17,21H,13-14H2. The van der Waals surface area contributed by atoms with Crippen LogP contribution in [0.5, 0.6) is 5.75 Å². The maximum absolute atomic E-state index is 14.1. The van der Waals surface area contributed by atoms with E-state index in [1.165, 1.54) is 30.3 Å². The molecule has 7 heteroatoms. The lowest BCUT2D eigenvalue weighted by Gasteiger charge is -2.13. The number of hydrogen-bond acceptors (Lipinski definition) is 2. The molecule has 0 spiro atoms. The molecule has 2 nitrogen and oxygen atoms in total. The van der Waals surface area contributed by atoms with Gasteiger partial charge in [0, 0.05) is 11.6 Å². The highest BCUT2D eigenvalue weighted by molar-refractivity contribution is 6.02. The van der Waals surface area contributed by atoms with Crippen LogP contribution in [0.1, 0.15) is 24.0 Å². The maximum Gasteiger partial charge on any atom is 0.573 e. The predicted octanol–water partition coefficient (Wildman–Crippen LogP) is 6.64. The number of alkyl halides is 3. The zero-order chi connectivity index (χ0) is 22.0. The van der Waals surface area contributed by atoms with Crippen molar-refractivity contribution in [3.63, 3.8) is 0 Å². The predicted molar refractivity (Wildman–Crippen MR) is 109 cm³/mol. The van der Waals surface area contributed by atoms with E-state index in [2.05, 4.69) is 9.73 Å². The third-order valence-corrected chi connectivity index (χ3v) is 5.22. The monoisotopic (exact) mass is 431 g/mol. The molecule has 2 unspecified atom stereocenters. The fourth-order valence-electron chi connectivity index (χ4n) is 3.78. The van der Waals surface area contributed by atoms with Gasteiger partial charge in [-0.05, 0) is 48.2 Å². The highest BCUT2D eigenvalue weighted by Gasteiger charge is 2.31. The van der Waals surface area contributed by atoms with Crippen LogP contribution in [0.25, 0.3) is 5.57 Å². The molecule has 0 saturated heterocycles. The molecule has 2 atom stereocenters. The molecule has 2 aromatic carbocycles. The van der Waals surface area contributed by atoms with E-state index in [9.17, 15) is 22.0 Å². The number of rotatable bonds is 4. The van der Waals surface area contributed by atoms with E-state index in [4.69, 9.17) is 0 Å². The Morgan fingerprint density at radius 3 is 2.32 bits per heavy atom. The van der Waals surface area contributed by atoms with Gasteiger partial charge in [-0.1, -0.05) is 48.6 Å². The van der Waals surface area contributed by atoms with Crippen LogP contribution in [0, 0.1) is 17.6 Å². The van der Waals surface area contributed by atoms with E-state index in [0.29, 0.717) is 18.6 Å². The van der Waals surface area contributed by atoms with Crippen LogP contribution in [-0.4, -0.2) is 18.1 Å². The molecular formula is C24H18F5NO. The lowest BCUT2D eigenvalue weighted by molar-refractivity contribution is -0.274. The second-order valence-electron chi connectivity index (χ2n) is 7.29. The van der Waals surface area contributed by atoms with Crippen LogP contribution >= 0.6 is 0 Å². The molecule has 0 radical (unpaired) electrons. The van der Waals surface area contributed by atoms with Gasteiger partial charge in [0.2, 0.25) is 0 Å². The maximum atomic E-state index is 14.1. The Kier molecular flexibility index (Phi) is 5.76. The fourth-order valence-corrected chi connectivity index (χ4v) is 3.78. The van der Waals surface area contributed by atoms with Crippen LogP contribution in [0.4, 0.5) is 22.0 Å². The summed E-state index contributed by atoms with van der Waals surface area (Å²) in [4.78, 5) is 4.58. The van der Waals surface area contributed by atoms with E-state index in [1.807, 2.05) is 30.4 Å². The summed E-state index contributed by atoms with van der Waals surface area (Å²) in [7, 11) is 0. The largest absolute Gasteiger partial charge is 0.573 e. The molecule has 0 N–H and O–H groups in total. The second kappa shape index (κ2) is 8.49. The van der Waals surface area contributed by atoms with E-state index in [-0.39, 0.29) is 23.3 Å². The van der Waals surface area contributed by atoms with Crippen LogP contribution in [0.2, 0.25) is 0 Å². The quantitative estimate of drug-likeness (QED) is 0.497. The zero-order valence-electron chi connectivity index (χ0n) is 16.2. The molecule has 1 aliphatic heterocycles. The third-order valence-electron chi connectivity index (χ3n) is 5.22. The van der Waals surface area contributed by atoms with Crippen molar-refractivity contribution in [2.45, 2.75) is 25.2 Å². The van der Waals surface area contributed by atoms with E-state index in [0.717, 1.165) is 11.1 Å². The minimum Gasteiger partial charge on any atom is -0.406 e. The van der Waals surface area contributed by atoms with Gasteiger partial charge < -0.3 is 4.74 Å². The molecule has 0 bridgehead atoms. The number of nitrogens with zero attached hydrogens (tertiary/aromatic N) is 1. The molecular weight excluding hydrogens is 413 g/mol. The molecule has 0 aromatic heterocycles. The molecule has 2 aromatic rings. The van der Waals surface area contributed by atoms with Gasteiger partial charge >= 0.3 is 6.36 Å². The van der Waals surface area contributed by atoms with Crippen LogP contribution in [0.15, 0.2) is 77.8 Å². The Hall–Kier alpha value is -3.22. The van der Waals surface area contributed by atoms with Crippen molar-refractivity contribution in [3.8, 4) is 5.75 Å². The van der Waals surface area contributed by atoms with Crippen molar-refractivity contribution in [1.29, 1.82) is 0 Å². The first-order valence-electron chi connectivity index (χ1n) is 9.74. The van der Waals surface area contributed by atoms with E-state index in [1.54, 1.807) is 12.1 Å². The summed E-state index contributed by atoms with van der Waals surface area (Å²) in [5, 5.41) is 0. The van der Waals surface area contributed by atoms with Crippen LogP contribution < -0.4 is 4.74 Å². The summed E-state index contributed by atoms with van der Waals surface area (Å²) < 4.78 is 69.0. The molecule has 1 aliphatic carbocycles. The average molecular weight is 431 g/mol. The molecule has 0 amide bonds.